The fourth-order valence-corrected chi connectivity index (χ4v) is 7.25. The van der Waals surface area contributed by atoms with Gasteiger partial charge in [-0.05, 0) is 130 Å². The van der Waals surface area contributed by atoms with Crippen LogP contribution in [0.3, 0.4) is 0 Å². The van der Waals surface area contributed by atoms with E-state index in [1.54, 1.807) is 0 Å². The first-order valence-corrected chi connectivity index (χ1v) is 16.9. The molecule has 0 saturated carbocycles. The Hall–Kier alpha value is -5.36. The number of benzene rings is 6. The summed E-state index contributed by atoms with van der Waals surface area (Å²) in [6.45, 7) is 8.37. The summed E-state index contributed by atoms with van der Waals surface area (Å²) in [4.78, 5) is 9.38. The van der Waals surface area contributed by atoms with Gasteiger partial charge in [-0.15, -0.1) is 0 Å². The van der Waals surface area contributed by atoms with Crippen LogP contribution in [0.25, 0.3) is 77.1 Å². The Balaban J connectivity index is 1.19. The van der Waals surface area contributed by atoms with Crippen molar-refractivity contribution in [3.8, 4) is 44.8 Å². The minimum Gasteiger partial charge on any atom is -0.399 e. The largest absolute Gasteiger partial charge is 0.494 e. The third kappa shape index (κ3) is 4.92. The van der Waals surface area contributed by atoms with Gasteiger partial charge in [-0.25, -0.2) is 0 Å². The van der Waals surface area contributed by atoms with Gasteiger partial charge in [0.25, 0.3) is 0 Å². The van der Waals surface area contributed by atoms with Crippen LogP contribution < -0.4 is 5.46 Å². The summed E-state index contributed by atoms with van der Waals surface area (Å²) in [5, 5.41) is 7.51. The molecule has 236 valence electrons. The minimum absolute atomic E-state index is 0.374. The molecular formula is C44H35BN2O2. The lowest BCUT2D eigenvalue weighted by Crippen LogP contribution is -2.41. The normalized spacial score (nSPS) is 15.5. The molecule has 3 heterocycles. The molecule has 4 nitrogen and oxygen atoms in total. The van der Waals surface area contributed by atoms with Crippen molar-refractivity contribution in [1.29, 1.82) is 0 Å². The highest BCUT2D eigenvalue weighted by Gasteiger charge is 2.51. The third-order valence-corrected chi connectivity index (χ3v) is 10.6. The van der Waals surface area contributed by atoms with Gasteiger partial charge in [0.2, 0.25) is 0 Å². The average Bonchev–Trinajstić information content (AvgIpc) is 3.36. The van der Waals surface area contributed by atoms with Gasteiger partial charge in [-0.2, -0.15) is 0 Å². The van der Waals surface area contributed by atoms with Crippen LogP contribution in [0.1, 0.15) is 27.7 Å². The Morgan fingerprint density at radius 1 is 0.469 bits per heavy atom. The van der Waals surface area contributed by atoms with Gasteiger partial charge in [0.15, 0.2) is 0 Å². The molecule has 9 rings (SSSR count). The molecule has 0 atom stereocenters. The van der Waals surface area contributed by atoms with Crippen molar-refractivity contribution >= 4 is 44.9 Å². The first kappa shape index (κ1) is 29.8. The van der Waals surface area contributed by atoms with E-state index < -0.39 is 0 Å². The van der Waals surface area contributed by atoms with E-state index in [0.29, 0.717) is 0 Å². The van der Waals surface area contributed by atoms with E-state index in [2.05, 4.69) is 131 Å². The van der Waals surface area contributed by atoms with Crippen molar-refractivity contribution in [2.24, 2.45) is 0 Å². The molecule has 1 aliphatic heterocycles. The SMILES string of the molecule is CC1(C)OB(c2ccc(-c3ccc4ccc5c(-c6cc(-c7ccccn7)cc(-c7ccccn7)c6)ccc6ccc3c4c65)cc2)OC1(C)C. The molecular weight excluding hydrogens is 599 g/mol. The van der Waals surface area contributed by atoms with Gasteiger partial charge in [0.1, 0.15) is 0 Å². The van der Waals surface area contributed by atoms with Gasteiger partial charge < -0.3 is 9.31 Å². The Morgan fingerprint density at radius 2 is 0.939 bits per heavy atom. The number of nitrogens with zero attached hydrogens (tertiary/aromatic N) is 2. The molecule has 1 fully saturated rings. The molecule has 0 bridgehead atoms. The van der Waals surface area contributed by atoms with Crippen LogP contribution in [-0.4, -0.2) is 28.3 Å². The molecule has 0 unspecified atom stereocenters. The average molecular weight is 635 g/mol. The van der Waals surface area contributed by atoms with Crippen molar-refractivity contribution in [3.63, 3.8) is 0 Å². The second kappa shape index (κ2) is 11.1. The molecule has 0 aliphatic carbocycles. The maximum Gasteiger partial charge on any atom is 0.494 e. The van der Waals surface area contributed by atoms with Crippen molar-refractivity contribution in [2.75, 3.05) is 0 Å². The number of rotatable bonds is 5. The lowest BCUT2D eigenvalue weighted by atomic mass is 9.78. The third-order valence-electron chi connectivity index (χ3n) is 10.6. The number of pyridine rings is 2. The summed E-state index contributed by atoms with van der Waals surface area (Å²) in [7, 11) is -0.381. The molecule has 1 aliphatic rings. The van der Waals surface area contributed by atoms with Gasteiger partial charge >= 0.3 is 7.12 Å². The maximum atomic E-state index is 6.33. The number of hydrogen-bond donors (Lipinski definition) is 0. The number of aromatic nitrogens is 2. The molecule has 6 aromatic carbocycles. The van der Waals surface area contributed by atoms with Crippen LogP contribution >= 0.6 is 0 Å². The van der Waals surface area contributed by atoms with Crippen molar-refractivity contribution in [2.45, 2.75) is 38.9 Å². The lowest BCUT2D eigenvalue weighted by Gasteiger charge is -2.32. The summed E-state index contributed by atoms with van der Waals surface area (Å²) < 4.78 is 12.7. The fraction of sp³-hybridized carbons (Fsp3) is 0.136. The van der Waals surface area contributed by atoms with E-state index in [4.69, 9.17) is 19.3 Å². The van der Waals surface area contributed by atoms with Gasteiger partial charge in [0.05, 0.1) is 22.6 Å². The smallest absolute Gasteiger partial charge is 0.399 e. The zero-order valence-corrected chi connectivity index (χ0v) is 28.1. The molecule has 5 heteroatoms. The summed E-state index contributed by atoms with van der Waals surface area (Å²) in [6.07, 6.45) is 3.70. The lowest BCUT2D eigenvalue weighted by molar-refractivity contribution is 0.00578. The van der Waals surface area contributed by atoms with Crippen LogP contribution in [0.15, 0.2) is 140 Å². The molecule has 49 heavy (non-hydrogen) atoms. The van der Waals surface area contributed by atoms with Crippen molar-refractivity contribution in [1.82, 2.24) is 9.97 Å². The summed E-state index contributed by atoms with van der Waals surface area (Å²) in [5.41, 5.74) is 9.00. The molecule has 0 amide bonds. The molecule has 8 aromatic rings. The summed E-state index contributed by atoms with van der Waals surface area (Å²) in [5.74, 6) is 0. The van der Waals surface area contributed by atoms with E-state index in [0.717, 1.165) is 33.5 Å². The zero-order chi connectivity index (χ0) is 33.3. The Kier molecular flexibility index (Phi) is 6.74. The van der Waals surface area contributed by atoms with Crippen molar-refractivity contribution in [3.05, 3.63) is 140 Å². The standard InChI is InChI=1S/C44H35BN2O2/c1-43(2)44(3,4)49-45(48-43)34-17-11-28(12-18-34)35-19-13-29-16-22-38-36(20-14-30-15-21-37(35)41(29)42(30)38)31-25-32(39-9-5-7-23-46-39)27-33(26-31)40-10-6-8-24-47-40/h5-27H,1-4H3. The highest BCUT2D eigenvalue weighted by molar-refractivity contribution is 6.62. The zero-order valence-electron chi connectivity index (χ0n) is 28.1. The predicted molar refractivity (Wildman–Crippen MR) is 203 cm³/mol. The quantitative estimate of drug-likeness (QED) is 0.140. The van der Waals surface area contributed by atoms with Crippen LogP contribution in [-0.2, 0) is 9.31 Å². The number of hydrogen-bond acceptors (Lipinski definition) is 4. The highest BCUT2D eigenvalue weighted by atomic mass is 16.7. The van der Waals surface area contributed by atoms with Gasteiger partial charge in [-0.3, -0.25) is 9.97 Å². The summed E-state index contributed by atoms with van der Waals surface area (Å²) >= 11 is 0. The Labute approximate surface area is 286 Å². The van der Waals surface area contributed by atoms with E-state index in [1.165, 1.54) is 49.0 Å². The monoisotopic (exact) mass is 634 g/mol. The van der Waals surface area contributed by atoms with E-state index in [9.17, 15) is 0 Å². The Morgan fingerprint density at radius 3 is 1.43 bits per heavy atom. The van der Waals surface area contributed by atoms with Crippen LogP contribution in [0.4, 0.5) is 0 Å². The fourth-order valence-electron chi connectivity index (χ4n) is 7.25. The second-order valence-electron chi connectivity index (χ2n) is 14.1. The van der Waals surface area contributed by atoms with Gasteiger partial charge in [0, 0.05) is 23.5 Å². The maximum absolute atomic E-state index is 6.33. The van der Waals surface area contributed by atoms with Crippen LogP contribution in [0.2, 0.25) is 0 Å². The predicted octanol–water partition coefficient (Wildman–Crippen LogP) is 10.3. The van der Waals surface area contributed by atoms with E-state index in [-0.39, 0.29) is 18.3 Å². The van der Waals surface area contributed by atoms with Crippen molar-refractivity contribution < 1.29 is 9.31 Å². The molecule has 0 radical (unpaired) electrons. The first-order chi connectivity index (χ1) is 23.8. The molecule has 0 spiro atoms. The summed E-state index contributed by atoms with van der Waals surface area (Å²) in [6, 6.07) is 45.6. The highest BCUT2D eigenvalue weighted by Crippen LogP contribution is 2.43. The Bertz CT molecular complexity index is 2420. The van der Waals surface area contributed by atoms with Crippen LogP contribution in [0.5, 0.6) is 0 Å². The molecule has 2 aromatic heterocycles. The minimum atomic E-state index is -0.381. The topological polar surface area (TPSA) is 44.2 Å². The van der Waals surface area contributed by atoms with E-state index >= 15 is 0 Å². The molecule has 1 saturated heterocycles. The van der Waals surface area contributed by atoms with Gasteiger partial charge in [-0.1, -0.05) is 84.9 Å². The molecule has 0 N–H and O–H groups in total. The van der Waals surface area contributed by atoms with E-state index in [1.807, 2.05) is 36.7 Å². The first-order valence-electron chi connectivity index (χ1n) is 16.9. The van der Waals surface area contributed by atoms with Crippen LogP contribution in [0, 0.1) is 0 Å². The second-order valence-corrected chi connectivity index (χ2v) is 14.1.